The number of amides is 2. The van der Waals surface area contributed by atoms with Crippen molar-refractivity contribution in [3.05, 3.63) is 59.4 Å². The van der Waals surface area contributed by atoms with Crippen molar-refractivity contribution in [1.29, 1.82) is 0 Å². The molecular formula is C17H16ClN3O2. The molecule has 1 unspecified atom stereocenters. The van der Waals surface area contributed by atoms with Crippen LogP contribution in [0.5, 0.6) is 0 Å². The van der Waals surface area contributed by atoms with Gasteiger partial charge in [-0.3, -0.25) is 19.5 Å². The van der Waals surface area contributed by atoms with Crippen molar-refractivity contribution in [2.45, 2.75) is 25.4 Å². The fraction of sp³-hybridized carbons (Fsp3) is 0.235. The first kappa shape index (κ1) is 15.5. The van der Waals surface area contributed by atoms with Gasteiger partial charge in [-0.25, -0.2) is 0 Å². The maximum Gasteiger partial charge on any atom is 0.243 e. The van der Waals surface area contributed by atoms with Crippen molar-refractivity contribution >= 4 is 29.1 Å². The van der Waals surface area contributed by atoms with Gasteiger partial charge >= 0.3 is 0 Å². The number of benzene rings is 1. The molecule has 6 heteroatoms. The zero-order valence-corrected chi connectivity index (χ0v) is 13.2. The molecular weight excluding hydrogens is 314 g/mol. The summed E-state index contributed by atoms with van der Waals surface area (Å²) in [5, 5.41) is 3.45. The number of nitrogens with one attached hydrogen (secondary N) is 1. The van der Waals surface area contributed by atoms with Crippen molar-refractivity contribution in [1.82, 2.24) is 10.3 Å². The minimum atomic E-state index is -0.493. The Balaban J connectivity index is 1.71. The lowest BCUT2D eigenvalue weighted by Crippen LogP contribution is -2.44. The molecule has 118 valence electrons. The molecule has 0 bridgehead atoms. The minimum absolute atomic E-state index is 0.0506. The zero-order chi connectivity index (χ0) is 16.2. The van der Waals surface area contributed by atoms with Gasteiger partial charge in [-0.15, -0.1) is 0 Å². The number of rotatable bonds is 4. The standard InChI is InChI=1S/C17H16ClN3O2/c18-12-4-6-14(7-5-12)21-15(8-9-16(21)22)17(23)20-11-13-3-1-2-10-19-13/h1-7,10,15H,8-9,11H2,(H,20,23). The van der Waals surface area contributed by atoms with E-state index in [2.05, 4.69) is 10.3 Å². The maximum atomic E-state index is 12.5. The van der Waals surface area contributed by atoms with Crippen LogP contribution in [0.3, 0.4) is 0 Å². The Labute approximate surface area is 139 Å². The van der Waals surface area contributed by atoms with Crippen LogP contribution in [-0.2, 0) is 16.1 Å². The molecule has 23 heavy (non-hydrogen) atoms. The number of halogens is 1. The molecule has 1 aromatic heterocycles. The summed E-state index contributed by atoms with van der Waals surface area (Å²) in [6.45, 7) is 0.346. The Bertz CT molecular complexity index is 704. The summed E-state index contributed by atoms with van der Waals surface area (Å²) in [7, 11) is 0. The first-order valence-electron chi connectivity index (χ1n) is 7.40. The van der Waals surface area contributed by atoms with Crippen molar-refractivity contribution in [2.75, 3.05) is 4.90 Å². The topological polar surface area (TPSA) is 62.3 Å². The Kier molecular flexibility index (Phi) is 4.57. The third-order valence-electron chi connectivity index (χ3n) is 3.79. The number of pyridine rings is 1. The molecule has 0 aliphatic carbocycles. The summed E-state index contributed by atoms with van der Waals surface area (Å²) in [6, 6.07) is 12.0. The van der Waals surface area contributed by atoms with E-state index in [-0.39, 0.29) is 11.8 Å². The summed E-state index contributed by atoms with van der Waals surface area (Å²) in [6.07, 6.45) is 2.56. The lowest BCUT2D eigenvalue weighted by Gasteiger charge is -2.24. The molecule has 3 rings (SSSR count). The molecule has 1 aromatic carbocycles. The average Bonchev–Trinajstić information content (AvgIpc) is 2.96. The molecule has 0 spiro atoms. The van der Waals surface area contributed by atoms with Crippen LogP contribution in [0.4, 0.5) is 5.69 Å². The SMILES string of the molecule is O=C(NCc1ccccn1)C1CCC(=O)N1c1ccc(Cl)cc1. The number of carbonyl (C=O) groups is 2. The first-order valence-corrected chi connectivity index (χ1v) is 7.78. The highest BCUT2D eigenvalue weighted by molar-refractivity contribution is 6.30. The van der Waals surface area contributed by atoms with Crippen LogP contribution in [0.15, 0.2) is 48.7 Å². The van der Waals surface area contributed by atoms with Gasteiger partial charge in [0, 0.05) is 23.3 Å². The van der Waals surface area contributed by atoms with E-state index in [4.69, 9.17) is 11.6 Å². The summed E-state index contributed by atoms with van der Waals surface area (Å²) in [4.78, 5) is 30.3. The molecule has 1 N–H and O–H groups in total. The van der Waals surface area contributed by atoms with Gasteiger partial charge < -0.3 is 5.32 Å². The highest BCUT2D eigenvalue weighted by Crippen LogP contribution is 2.27. The van der Waals surface area contributed by atoms with E-state index in [0.29, 0.717) is 30.1 Å². The van der Waals surface area contributed by atoms with Gasteiger partial charge in [0.05, 0.1) is 12.2 Å². The second-order valence-corrected chi connectivity index (χ2v) is 5.77. The lowest BCUT2D eigenvalue weighted by molar-refractivity contribution is -0.124. The van der Waals surface area contributed by atoms with Crippen LogP contribution in [-0.4, -0.2) is 22.8 Å². The quantitative estimate of drug-likeness (QED) is 0.937. The minimum Gasteiger partial charge on any atom is -0.349 e. The van der Waals surface area contributed by atoms with Crippen LogP contribution >= 0.6 is 11.6 Å². The molecule has 0 saturated carbocycles. The molecule has 2 heterocycles. The van der Waals surface area contributed by atoms with Crippen molar-refractivity contribution < 1.29 is 9.59 Å². The van der Waals surface area contributed by atoms with Gasteiger partial charge in [0.2, 0.25) is 11.8 Å². The van der Waals surface area contributed by atoms with Gasteiger partial charge in [0.25, 0.3) is 0 Å². The molecule has 0 radical (unpaired) electrons. The lowest BCUT2D eigenvalue weighted by atomic mass is 10.2. The summed E-state index contributed by atoms with van der Waals surface area (Å²) in [5.74, 6) is -0.221. The Hall–Kier alpha value is -2.40. The Morgan fingerprint density at radius 1 is 1.26 bits per heavy atom. The van der Waals surface area contributed by atoms with Crippen molar-refractivity contribution in [3.8, 4) is 0 Å². The molecule has 1 aliphatic rings. The van der Waals surface area contributed by atoms with Crippen LogP contribution in [0.25, 0.3) is 0 Å². The van der Waals surface area contributed by atoms with Crippen LogP contribution in [0.1, 0.15) is 18.5 Å². The van der Waals surface area contributed by atoms with Crippen molar-refractivity contribution in [2.24, 2.45) is 0 Å². The number of hydrogen-bond acceptors (Lipinski definition) is 3. The molecule has 1 fully saturated rings. The third-order valence-corrected chi connectivity index (χ3v) is 4.04. The molecule has 1 atom stereocenters. The van der Waals surface area contributed by atoms with E-state index in [1.165, 1.54) is 0 Å². The molecule has 5 nitrogen and oxygen atoms in total. The number of aromatic nitrogens is 1. The largest absolute Gasteiger partial charge is 0.349 e. The first-order chi connectivity index (χ1) is 11.1. The monoisotopic (exact) mass is 329 g/mol. The predicted octanol–water partition coefficient (Wildman–Crippen LogP) is 2.55. The highest BCUT2D eigenvalue weighted by atomic mass is 35.5. The summed E-state index contributed by atoms with van der Waals surface area (Å²) >= 11 is 5.88. The molecule has 2 amide bonds. The Morgan fingerprint density at radius 2 is 2.04 bits per heavy atom. The van der Waals surface area contributed by atoms with E-state index in [9.17, 15) is 9.59 Å². The Morgan fingerprint density at radius 3 is 2.74 bits per heavy atom. The van der Waals surface area contributed by atoms with Gasteiger partial charge in [0.15, 0.2) is 0 Å². The van der Waals surface area contributed by atoms with Crippen LogP contribution in [0, 0.1) is 0 Å². The average molecular weight is 330 g/mol. The smallest absolute Gasteiger partial charge is 0.243 e. The van der Waals surface area contributed by atoms with E-state index < -0.39 is 6.04 Å². The summed E-state index contributed by atoms with van der Waals surface area (Å²) < 4.78 is 0. The van der Waals surface area contributed by atoms with E-state index in [0.717, 1.165) is 5.69 Å². The number of hydrogen-bond donors (Lipinski definition) is 1. The van der Waals surface area contributed by atoms with Crippen molar-refractivity contribution in [3.63, 3.8) is 0 Å². The predicted molar refractivity (Wildman–Crippen MR) is 88.0 cm³/mol. The maximum absolute atomic E-state index is 12.5. The van der Waals surface area contributed by atoms with E-state index in [1.807, 2.05) is 18.2 Å². The molecule has 2 aromatic rings. The van der Waals surface area contributed by atoms with Crippen LogP contribution in [0.2, 0.25) is 5.02 Å². The fourth-order valence-electron chi connectivity index (χ4n) is 2.66. The molecule has 1 aliphatic heterocycles. The van der Waals surface area contributed by atoms with Crippen LogP contribution < -0.4 is 10.2 Å². The summed E-state index contributed by atoms with van der Waals surface area (Å²) in [5.41, 5.74) is 1.47. The second kappa shape index (κ2) is 6.79. The number of nitrogens with zero attached hydrogens (tertiary/aromatic N) is 2. The van der Waals surface area contributed by atoms with E-state index >= 15 is 0 Å². The van der Waals surface area contributed by atoms with Gasteiger partial charge in [-0.1, -0.05) is 17.7 Å². The highest BCUT2D eigenvalue weighted by Gasteiger charge is 2.36. The normalized spacial score (nSPS) is 17.3. The van der Waals surface area contributed by atoms with Gasteiger partial charge in [0.1, 0.15) is 6.04 Å². The number of anilines is 1. The second-order valence-electron chi connectivity index (χ2n) is 5.33. The van der Waals surface area contributed by atoms with E-state index in [1.54, 1.807) is 35.4 Å². The third kappa shape index (κ3) is 3.51. The molecule has 1 saturated heterocycles. The number of carbonyl (C=O) groups excluding carboxylic acids is 2. The zero-order valence-electron chi connectivity index (χ0n) is 12.4. The van der Waals surface area contributed by atoms with Gasteiger partial charge in [-0.05, 0) is 42.8 Å². The van der Waals surface area contributed by atoms with Gasteiger partial charge in [-0.2, -0.15) is 0 Å². The fourth-order valence-corrected chi connectivity index (χ4v) is 2.78.